The van der Waals surface area contributed by atoms with Crippen LogP contribution in [0.5, 0.6) is 0 Å². The zero-order valence-electron chi connectivity index (χ0n) is 29.5. The van der Waals surface area contributed by atoms with Gasteiger partial charge in [-0.3, -0.25) is 0 Å². The van der Waals surface area contributed by atoms with E-state index in [1.54, 1.807) is 0 Å². The second-order valence-corrected chi connectivity index (χ2v) is 14.3. The van der Waals surface area contributed by atoms with Crippen LogP contribution in [0.15, 0.2) is 167 Å². The maximum Gasteiger partial charge on any atom is 0.179 e. The van der Waals surface area contributed by atoms with Crippen LogP contribution in [0, 0.1) is 6.92 Å². The van der Waals surface area contributed by atoms with Crippen molar-refractivity contribution in [2.75, 3.05) is 0 Å². The van der Waals surface area contributed by atoms with Crippen molar-refractivity contribution in [2.45, 2.75) is 20.3 Å². The van der Waals surface area contributed by atoms with E-state index in [4.69, 9.17) is 8.83 Å². The van der Waals surface area contributed by atoms with Gasteiger partial charge in [-0.15, -0.1) is 0 Å². The van der Waals surface area contributed by atoms with Crippen molar-refractivity contribution < 1.29 is 8.83 Å². The van der Waals surface area contributed by atoms with Crippen LogP contribution >= 0.6 is 0 Å². The van der Waals surface area contributed by atoms with Gasteiger partial charge >= 0.3 is 0 Å². The molecule has 2 heterocycles. The molecule has 0 spiro atoms. The van der Waals surface area contributed by atoms with Gasteiger partial charge in [0.25, 0.3) is 0 Å². The van der Waals surface area contributed by atoms with Crippen LogP contribution in [0.2, 0.25) is 0 Å². The van der Waals surface area contributed by atoms with E-state index in [1.807, 2.05) is 6.07 Å². The molecule has 2 heteroatoms. The van der Waals surface area contributed by atoms with E-state index in [2.05, 4.69) is 166 Å². The van der Waals surface area contributed by atoms with Crippen LogP contribution in [0.3, 0.4) is 0 Å². The molecule has 0 radical (unpaired) electrons. The maximum atomic E-state index is 6.82. The quantitative estimate of drug-likeness (QED) is 0.173. The molecule has 0 saturated heterocycles. The molecular formula is C51H34O2. The van der Waals surface area contributed by atoms with Gasteiger partial charge in [0, 0.05) is 26.9 Å². The molecule has 0 unspecified atom stereocenters. The SMILES string of the molecule is CCc1ccccc1-c1ccc(-c2c3ccccc3c(-c3cc4c5ccc6ccccc6c5oc4c4oc5ccccc5c34)c3ccccc23)cc1C. The molecular weight excluding hydrogens is 645 g/mol. The van der Waals surface area contributed by atoms with Crippen molar-refractivity contribution >= 4 is 76.2 Å². The topological polar surface area (TPSA) is 26.3 Å². The molecule has 53 heavy (non-hydrogen) atoms. The van der Waals surface area contributed by atoms with Gasteiger partial charge in [0.2, 0.25) is 0 Å². The van der Waals surface area contributed by atoms with E-state index in [1.165, 1.54) is 60.5 Å². The van der Waals surface area contributed by atoms with E-state index in [0.717, 1.165) is 66.6 Å². The van der Waals surface area contributed by atoms with Gasteiger partial charge < -0.3 is 8.83 Å². The highest BCUT2D eigenvalue weighted by Crippen LogP contribution is 2.50. The minimum absolute atomic E-state index is 0.787. The summed E-state index contributed by atoms with van der Waals surface area (Å²) in [4.78, 5) is 0. The third-order valence-electron chi connectivity index (χ3n) is 11.4. The summed E-state index contributed by atoms with van der Waals surface area (Å²) in [6.07, 6.45) is 1.00. The minimum Gasteiger partial charge on any atom is -0.452 e. The fourth-order valence-corrected chi connectivity index (χ4v) is 8.99. The van der Waals surface area contributed by atoms with E-state index < -0.39 is 0 Å². The molecule has 0 bridgehead atoms. The highest BCUT2D eigenvalue weighted by atomic mass is 16.4. The molecule has 0 aliphatic carbocycles. The molecule has 9 aromatic carbocycles. The number of rotatable bonds is 4. The van der Waals surface area contributed by atoms with E-state index in [0.29, 0.717) is 0 Å². The number of fused-ring (bicyclic) bond motifs is 11. The molecule has 0 amide bonds. The first-order valence-corrected chi connectivity index (χ1v) is 18.5. The summed E-state index contributed by atoms with van der Waals surface area (Å²) in [6.45, 7) is 4.48. The predicted octanol–water partition coefficient (Wildman–Crippen LogP) is 14.8. The second-order valence-electron chi connectivity index (χ2n) is 14.3. The van der Waals surface area contributed by atoms with Gasteiger partial charge in [0.05, 0.1) is 0 Å². The Balaban J connectivity index is 1.25. The normalized spacial score (nSPS) is 12.0. The van der Waals surface area contributed by atoms with Crippen molar-refractivity contribution in [2.24, 2.45) is 0 Å². The zero-order valence-corrected chi connectivity index (χ0v) is 29.5. The van der Waals surface area contributed by atoms with Crippen LogP contribution in [-0.2, 0) is 6.42 Å². The molecule has 0 atom stereocenters. The summed E-state index contributed by atoms with van der Waals surface area (Å²) in [5.41, 5.74) is 13.4. The monoisotopic (exact) mass is 678 g/mol. The molecule has 0 N–H and O–H groups in total. The fourth-order valence-electron chi connectivity index (χ4n) is 8.99. The van der Waals surface area contributed by atoms with Gasteiger partial charge in [0.15, 0.2) is 11.2 Å². The Labute approximate surface area is 306 Å². The third-order valence-corrected chi connectivity index (χ3v) is 11.4. The Morgan fingerprint density at radius 2 is 1.06 bits per heavy atom. The molecule has 2 nitrogen and oxygen atoms in total. The smallest absolute Gasteiger partial charge is 0.179 e. The first-order chi connectivity index (χ1) is 26.2. The molecule has 0 aliphatic heterocycles. The van der Waals surface area contributed by atoms with Crippen molar-refractivity contribution in [3.05, 3.63) is 169 Å². The Morgan fingerprint density at radius 1 is 0.415 bits per heavy atom. The summed E-state index contributed by atoms with van der Waals surface area (Å²) < 4.78 is 13.6. The summed E-state index contributed by atoms with van der Waals surface area (Å²) in [7, 11) is 0. The Morgan fingerprint density at radius 3 is 1.79 bits per heavy atom. The van der Waals surface area contributed by atoms with Crippen LogP contribution in [0.1, 0.15) is 18.1 Å². The number of hydrogen-bond acceptors (Lipinski definition) is 2. The van der Waals surface area contributed by atoms with Crippen molar-refractivity contribution in [1.82, 2.24) is 0 Å². The average Bonchev–Trinajstić information content (AvgIpc) is 3.79. The third kappa shape index (κ3) is 4.33. The molecule has 0 fully saturated rings. The Hall–Kier alpha value is -6.64. The van der Waals surface area contributed by atoms with E-state index in [9.17, 15) is 0 Å². The van der Waals surface area contributed by atoms with Gasteiger partial charge in [-0.05, 0) is 103 Å². The van der Waals surface area contributed by atoms with Crippen molar-refractivity contribution in [3.63, 3.8) is 0 Å². The first kappa shape index (κ1) is 30.0. The number of benzene rings is 9. The Bertz CT molecular complexity index is 3220. The summed E-state index contributed by atoms with van der Waals surface area (Å²) >= 11 is 0. The van der Waals surface area contributed by atoms with Crippen LogP contribution in [-0.4, -0.2) is 0 Å². The van der Waals surface area contributed by atoms with Gasteiger partial charge in [-0.25, -0.2) is 0 Å². The van der Waals surface area contributed by atoms with Crippen LogP contribution in [0.25, 0.3) is 110 Å². The minimum atomic E-state index is 0.787. The van der Waals surface area contributed by atoms with Crippen LogP contribution in [0.4, 0.5) is 0 Å². The second kappa shape index (κ2) is 11.4. The largest absolute Gasteiger partial charge is 0.452 e. The van der Waals surface area contributed by atoms with Gasteiger partial charge in [-0.1, -0.05) is 146 Å². The summed E-state index contributed by atoms with van der Waals surface area (Å²) in [5, 5.41) is 11.5. The lowest BCUT2D eigenvalue weighted by atomic mass is 9.83. The summed E-state index contributed by atoms with van der Waals surface area (Å²) in [6, 6.07) is 57.2. The van der Waals surface area contributed by atoms with Crippen molar-refractivity contribution in [1.29, 1.82) is 0 Å². The first-order valence-electron chi connectivity index (χ1n) is 18.5. The molecule has 250 valence electrons. The summed E-state index contributed by atoms with van der Waals surface area (Å²) in [5.74, 6) is 0. The number of furan rings is 2. The standard InChI is InChI=1S/C51H34O2/c1-3-31-14-4-6-16-35(31)34-26-25-33(28-30(34)2)46-37-18-8-10-20-39(37)47(40-21-11-9-19-38(40)46)44-29-43-41-27-24-32-15-5-7-17-36(32)49(41)53-50(43)51-48(44)42-22-12-13-23-45(42)52-51/h4-29H,3H2,1-2H3. The lowest BCUT2D eigenvalue weighted by molar-refractivity contribution is 0.635. The number of aryl methyl sites for hydroxylation is 2. The van der Waals surface area contributed by atoms with E-state index in [-0.39, 0.29) is 0 Å². The van der Waals surface area contributed by atoms with Gasteiger partial charge in [-0.2, -0.15) is 0 Å². The maximum absolute atomic E-state index is 6.82. The molecule has 11 aromatic rings. The average molecular weight is 679 g/mol. The van der Waals surface area contributed by atoms with Crippen LogP contribution < -0.4 is 0 Å². The van der Waals surface area contributed by atoms with Crippen molar-refractivity contribution in [3.8, 4) is 33.4 Å². The van der Waals surface area contributed by atoms with Gasteiger partial charge in [0.1, 0.15) is 11.2 Å². The highest BCUT2D eigenvalue weighted by molar-refractivity contribution is 6.30. The number of para-hydroxylation sites is 1. The highest BCUT2D eigenvalue weighted by Gasteiger charge is 2.25. The molecule has 2 aromatic heterocycles. The molecule has 11 rings (SSSR count). The Kier molecular flexibility index (Phi) is 6.48. The number of hydrogen-bond donors (Lipinski definition) is 0. The fraction of sp³-hybridized carbons (Fsp3) is 0.0588. The zero-order chi connectivity index (χ0) is 35.2. The lowest BCUT2D eigenvalue weighted by Gasteiger charge is -2.19. The van der Waals surface area contributed by atoms with E-state index >= 15 is 0 Å². The lowest BCUT2D eigenvalue weighted by Crippen LogP contribution is -1.93. The predicted molar refractivity (Wildman–Crippen MR) is 224 cm³/mol. The molecule has 0 aliphatic rings. The molecule has 0 saturated carbocycles.